The van der Waals surface area contributed by atoms with Gasteiger partial charge in [0, 0.05) is 26.0 Å². The molecule has 2 heterocycles. The van der Waals surface area contributed by atoms with E-state index in [0.29, 0.717) is 16.5 Å². The van der Waals surface area contributed by atoms with Gasteiger partial charge in [-0.3, -0.25) is 0 Å². The monoisotopic (exact) mass is 574 g/mol. The van der Waals surface area contributed by atoms with E-state index in [2.05, 4.69) is 38.7 Å². The molecule has 0 aliphatic carbocycles. The molecule has 39 heavy (non-hydrogen) atoms. The van der Waals surface area contributed by atoms with E-state index in [-0.39, 0.29) is 33.6 Å². The lowest BCUT2D eigenvalue weighted by molar-refractivity contribution is -0.152. The average molecular weight is 575 g/mol. The number of rotatable bonds is 8. The third-order valence-corrected chi connectivity index (χ3v) is 7.23. The molecule has 0 fully saturated rings. The predicted molar refractivity (Wildman–Crippen MR) is 151 cm³/mol. The van der Waals surface area contributed by atoms with Gasteiger partial charge in [0.1, 0.15) is 6.04 Å². The molecule has 0 bridgehead atoms. The smallest absolute Gasteiger partial charge is 0.408 e. The minimum absolute atomic E-state index is 0.0596. The minimum Gasteiger partial charge on any atom is -0.414 e. The summed E-state index contributed by atoms with van der Waals surface area (Å²) in [4.78, 5) is 9.98. The van der Waals surface area contributed by atoms with Crippen LogP contribution in [0.5, 0.6) is 0 Å². The highest BCUT2D eigenvalue weighted by Gasteiger charge is 2.41. The van der Waals surface area contributed by atoms with Gasteiger partial charge in [0.2, 0.25) is 5.89 Å². The van der Waals surface area contributed by atoms with Crippen LogP contribution in [0.3, 0.4) is 0 Å². The van der Waals surface area contributed by atoms with Crippen LogP contribution < -0.4 is 10.5 Å². The first-order valence-electron chi connectivity index (χ1n) is 12.1. The maximum atomic E-state index is 13.7. The van der Waals surface area contributed by atoms with Gasteiger partial charge in [-0.2, -0.15) is 13.2 Å². The maximum Gasteiger partial charge on any atom is 0.408 e. The number of thioether (sulfide) groups is 1. The zero-order valence-electron chi connectivity index (χ0n) is 22.1. The first-order chi connectivity index (χ1) is 18.3. The van der Waals surface area contributed by atoms with Crippen molar-refractivity contribution in [3.63, 3.8) is 0 Å². The summed E-state index contributed by atoms with van der Waals surface area (Å²) in [6.07, 6.45) is -2.89. The van der Waals surface area contributed by atoms with E-state index in [1.54, 1.807) is 18.0 Å². The number of halogens is 3. The fourth-order valence-corrected chi connectivity index (χ4v) is 5.06. The molecule has 3 N–H and O–H groups in total. The average Bonchev–Trinajstić information content (AvgIpc) is 3.34. The summed E-state index contributed by atoms with van der Waals surface area (Å²) in [5.41, 5.74) is 8.26. The van der Waals surface area contributed by atoms with Crippen molar-refractivity contribution >= 4 is 29.5 Å². The van der Waals surface area contributed by atoms with E-state index in [4.69, 9.17) is 10.2 Å². The third-order valence-electron chi connectivity index (χ3n) is 5.25. The van der Waals surface area contributed by atoms with Crippen LogP contribution in [0.15, 0.2) is 64.0 Å². The zero-order chi connectivity index (χ0) is 28.4. The molecule has 2 aromatic heterocycles. The molecular formula is C27H29F3N6OS2. The van der Waals surface area contributed by atoms with Gasteiger partial charge in [-0.05, 0) is 50.6 Å². The number of anilines is 1. The number of aromatic nitrogens is 4. The van der Waals surface area contributed by atoms with Crippen LogP contribution in [-0.2, 0) is 0 Å². The Morgan fingerprint density at radius 1 is 0.897 bits per heavy atom. The van der Waals surface area contributed by atoms with E-state index in [0.717, 1.165) is 22.4 Å². The van der Waals surface area contributed by atoms with Crippen molar-refractivity contribution in [2.75, 3.05) is 5.73 Å². The van der Waals surface area contributed by atoms with Crippen LogP contribution in [0.25, 0.3) is 34.3 Å². The van der Waals surface area contributed by atoms with Gasteiger partial charge in [-0.25, -0.2) is 14.7 Å². The van der Waals surface area contributed by atoms with E-state index in [1.165, 1.54) is 24.3 Å². The summed E-state index contributed by atoms with van der Waals surface area (Å²) >= 11 is 2.79. The van der Waals surface area contributed by atoms with Crippen molar-refractivity contribution in [3.8, 4) is 34.3 Å². The summed E-state index contributed by atoms with van der Waals surface area (Å²) in [5.74, 6) is 0.301. The lowest BCUT2D eigenvalue weighted by Crippen LogP contribution is -2.32. The fourth-order valence-electron chi connectivity index (χ4n) is 3.48. The SMILES string of the molecule is CC(C)Sc1ccc(-c2cnc(N)c(-c3nnc(-c4ccc(C(NSC(C)(C)C)C(F)(F)F)cc4)o3)n2)cc1. The number of nitrogen functional groups attached to an aromatic ring is 1. The van der Waals surface area contributed by atoms with E-state index in [1.807, 2.05) is 45.0 Å². The van der Waals surface area contributed by atoms with Crippen LogP contribution in [0.4, 0.5) is 19.0 Å². The van der Waals surface area contributed by atoms with E-state index < -0.39 is 12.2 Å². The molecule has 1 unspecified atom stereocenters. The summed E-state index contributed by atoms with van der Waals surface area (Å²) in [6, 6.07) is 11.9. The second-order valence-corrected chi connectivity index (χ2v) is 13.3. The molecule has 4 aromatic rings. The highest BCUT2D eigenvalue weighted by atomic mass is 32.2. The van der Waals surface area contributed by atoms with Crippen molar-refractivity contribution in [1.29, 1.82) is 0 Å². The van der Waals surface area contributed by atoms with Crippen LogP contribution in [0.2, 0.25) is 0 Å². The number of nitrogens with one attached hydrogen (secondary N) is 1. The highest BCUT2D eigenvalue weighted by molar-refractivity contribution is 8.00. The second kappa shape index (κ2) is 11.6. The molecule has 7 nitrogen and oxygen atoms in total. The number of hydrogen-bond acceptors (Lipinski definition) is 9. The van der Waals surface area contributed by atoms with Crippen molar-refractivity contribution in [2.45, 2.75) is 61.7 Å². The second-order valence-electron chi connectivity index (χ2n) is 10.0. The van der Waals surface area contributed by atoms with Crippen molar-refractivity contribution in [1.82, 2.24) is 24.9 Å². The number of hydrogen-bond donors (Lipinski definition) is 2. The standard InChI is InChI=1S/C27H29F3N6OS2/c1-15(2)38-19-12-10-16(11-13-19)20-14-32-23(31)21(33-20)25-35-34-24(37-25)18-8-6-17(7-9-18)22(27(28,29)30)36-39-26(3,4)5/h6-15,22,36H,1-5H3,(H2,31,32). The molecule has 2 aromatic carbocycles. The normalized spacial score (nSPS) is 13.2. The molecule has 0 aliphatic rings. The lowest BCUT2D eigenvalue weighted by atomic mass is 10.1. The molecule has 0 radical (unpaired) electrons. The Morgan fingerprint density at radius 2 is 1.51 bits per heavy atom. The molecule has 0 spiro atoms. The molecule has 206 valence electrons. The van der Waals surface area contributed by atoms with Gasteiger partial charge in [0.05, 0.1) is 11.9 Å². The molecular weight excluding hydrogens is 545 g/mol. The molecule has 0 aliphatic heterocycles. The van der Waals surface area contributed by atoms with Gasteiger partial charge in [0.15, 0.2) is 11.5 Å². The number of alkyl halides is 3. The summed E-state index contributed by atoms with van der Waals surface area (Å²) < 4.78 is 49.1. The van der Waals surface area contributed by atoms with E-state index >= 15 is 0 Å². The first-order valence-corrected chi connectivity index (χ1v) is 13.8. The topological polar surface area (TPSA) is 103 Å². The van der Waals surface area contributed by atoms with Crippen LogP contribution in [0.1, 0.15) is 46.2 Å². The number of nitrogens with two attached hydrogens (primary N) is 1. The van der Waals surface area contributed by atoms with Crippen molar-refractivity contribution in [3.05, 3.63) is 60.3 Å². The van der Waals surface area contributed by atoms with Crippen LogP contribution >= 0.6 is 23.7 Å². The summed E-state index contributed by atoms with van der Waals surface area (Å²) in [5, 5.41) is 8.58. The Labute approximate surface area is 233 Å². The molecule has 0 saturated carbocycles. The minimum atomic E-state index is -4.47. The van der Waals surface area contributed by atoms with Gasteiger partial charge in [-0.1, -0.05) is 50.1 Å². The molecule has 0 amide bonds. The Balaban J connectivity index is 1.56. The van der Waals surface area contributed by atoms with Gasteiger partial charge in [-0.15, -0.1) is 22.0 Å². The lowest BCUT2D eigenvalue weighted by Gasteiger charge is -2.26. The predicted octanol–water partition coefficient (Wildman–Crippen LogP) is 7.58. The fraction of sp³-hybridized carbons (Fsp3) is 0.333. The molecule has 4 rings (SSSR count). The summed E-state index contributed by atoms with van der Waals surface area (Å²) in [6.45, 7) is 9.78. The van der Waals surface area contributed by atoms with Gasteiger partial charge >= 0.3 is 6.18 Å². The van der Waals surface area contributed by atoms with Crippen molar-refractivity contribution < 1.29 is 17.6 Å². The molecule has 1 atom stereocenters. The first kappa shape index (κ1) is 28.9. The third kappa shape index (κ3) is 7.52. The largest absolute Gasteiger partial charge is 0.414 e. The van der Waals surface area contributed by atoms with Gasteiger partial charge in [0.25, 0.3) is 5.89 Å². The number of benzene rings is 2. The van der Waals surface area contributed by atoms with Crippen LogP contribution in [0, 0.1) is 0 Å². The number of nitrogens with zero attached hydrogens (tertiary/aromatic N) is 4. The Bertz CT molecular complexity index is 1400. The zero-order valence-corrected chi connectivity index (χ0v) is 23.7. The quantitative estimate of drug-likeness (QED) is 0.163. The Morgan fingerprint density at radius 3 is 2.10 bits per heavy atom. The molecule has 0 saturated heterocycles. The Hall–Kier alpha value is -3.09. The van der Waals surface area contributed by atoms with Crippen LogP contribution in [-0.4, -0.2) is 36.3 Å². The maximum absolute atomic E-state index is 13.7. The van der Waals surface area contributed by atoms with Gasteiger partial charge < -0.3 is 10.2 Å². The highest BCUT2D eigenvalue weighted by Crippen LogP contribution is 2.37. The van der Waals surface area contributed by atoms with E-state index in [9.17, 15) is 13.2 Å². The van der Waals surface area contributed by atoms with Crippen molar-refractivity contribution in [2.24, 2.45) is 0 Å². The summed E-state index contributed by atoms with van der Waals surface area (Å²) in [7, 11) is 0. The Kier molecular flexibility index (Phi) is 8.57. The molecule has 12 heteroatoms.